The van der Waals surface area contributed by atoms with Gasteiger partial charge in [0.05, 0.1) is 22.7 Å². The van der Waals surface area contributed by atoms with Gasteiger partial charge in [-0.25, -0.2) is 26.5 Å². The Morgan fingerprint density at radius 3 is 2.52 bits per heavy atom. The number of carbonyl (C=O) groups is 1. The zero-order chi connectivity index (χ0) is 21.6. The van der Waals surface area contributed by atoms with E-state index >= 15 is 0 Å². The highest BCUT2D eigenvalue weighted by molar-refractivity contribution is 7.89. The van der Waals surface area contributed by atoms with Gasteiger partial charge in [-0.15, -0.1) is 11.3 Å². The number of thiazole rings is 1. The number of hydrogen-bond acceptors (Lipinski definition) is 6. The van der Waals surface area contributed by atoms with Crippen LogP contribution in [0.1, 0.15) is 27.3 Å². The summed E-state index contributed by atoms with van der Waals surface area (Å²) in [5.74, 6) is -3.45. The number of anilines is 2. The van der Waals surface area contributed by atoms with E-state index in [1.54, 1.807) is 0 Å². The Morgan fingerprint density at radius 2 is 2.00 bits per heavy atom. The van der Waals surface area contributed by atoms with Crippen molar-refractivity contribution in [2.75, 3.05) is 37.4 Å². The number of aryl methyl sites for hydroxylation is 2. The Balaban J connectivity index is 2.03. The minimum Gasteiger partial charge on any atom is -0.365 e. The van der Waals surface area contributed by atoms with E-state index in [1.807, 2.05) is 13.8 Å². The van der Waals surface area contributed by atoms with Crippen molar-refractivity contribution >= 4 is 38.1 Å². The van der Waals surface area contributed by atoms with Crippen molar-refractivity contribution in [2.45, 2.75) is 31.1 Å². The molecule has 158 valence electrons. The molecule has 29 heavy (non-hydrogen) atoms. The van der Waals surface area contributed by atoms with Crippen molar-refractivity contribution in [1.82, 2.24) is 9.29 Å². The lowest BCUT2D eigenvalue weighted by atomic mass is 10.1. The minimum atomic E-state index is -3.80. The average Bonchev–Trinajstić information content (AvgIpc) is 3.15. The number of sulfonamides is 1. The zero-order valence-corrected chi connectivity index (χ0v) is 18.1. The van der Waals surface area contributed by atoms with E-state index in [-0.39, 0.29) is 29.1 Å². The summed E-state index contributed by atoms with van der Waals surface area (Å²) in [5.41, 5.74) is 1.05. The fraction of sp³-hybridized carbons (Fsp3) is 0.444. The van der Waals surface area contributed by atoms with Crippen molar-refractivity contribution in [3.63, 3.8) is 0 Å². The van der Waals surface area contributed by atoms with Crippen molar-refractivity contribution in [3.05, 3.63) is 34.3 Å². The van der Waals surface area contributed by atoms with Gasteiger partial charge >= 0.3 is 0 Å². The van der Waals surface area contributed by atoms with Crippen LogP contribution in [0.4, 0.5) is 19.6 Å². The van der Waals surface area contributed by atoms with Crippen molar-refractivity contribution in [3.8, 4) is 0 Å². The van der Waals surface area contributed by atoms with Gasteiger partial charge in [-0.05, 0) is 32.0 Å². The first kappa shape index (κ1) is 21.6. The van der Waals surface area contributed by atoms with Crippen LogP contribution in [0.3, 0.4) is 0 Å². The third-order valence-corrected chi connectivity index (χ3v) is 7.55. The number of nitrogens with zero attached hydrogens (tertiary/aromatic N) is 3. The summed E-state index contributed by atoms with van der Waals surface area (Å²) in [4.78, 5) is 19.5. The Morgan fingerprint density at radius 1 is 1.31 bits per heavy atom. The highest BCUT2D eigenvalue weighted by Crippen LogP contribution is 2.34. The third-order valence-electron chi connectivity index (χ3n) is 4.75. The number of hydrogen-bond donors (Lipinski definition) is 1. The lowest BCUT2D eigenvalue weighted by molar-refractivity contribution is 0.0257. The highest BCUT2D eigenvalue weighted by atomic mass is 32.2. The molecule has 1 saturated heterocycles. The Kier molecular flexibility index (Phi) is 5.67. The predicted octanol–water partition coefficient (Wildman–Crippen LogP) is 3.11. The summed E-state index contributed by atoms with van der Waals surface area (Å²) in [6.45, 7) is 3.22. The van der Waals surface area contributed by atoms with E-state index in [2.05, 4.69) is 10.3 Å². The molecule has 1 fully saturated rings. The van der Waals surface area contributed by atoms with Gasteiger partial charge < -0.3 is 4.90 Å². The molecule has 1 aromatic carbocycles. The van der Waals surface area contributed by atoms with Crippen LogP contribution in [0.25, 0.3) is 0 Å². The quantitative estimate of drug-likeness (QED) is 0.766. The second-order valence-corrected chi connectivity index (χ2v) is 10.5. The highest BCUT2D eigenvalue weighted by Gasteiger charge is 2.39. The van der Waals surface area contributed by atoms with E-state index in [9.17, 15) is 22.0 Å². The second kappa shape index (κ2) is 7.62. The summed E-state index contributed by atoms with van der Waals surface area (Å²) < 4.78 is 53.5. The molecule has 0 bridgehead atoms. The average molecular weight is 445 g/mol. The predicted molar refractivity (Wildman–Crippen MR) is 109 cm³/mol. The molecule has 0 aliphatic carbocycles. The molecule has 1 N–H and O–H groups in total. The molecule has 2 heterocycles. The van der Waals surface area contributed by atoms with Gasteiger partial charge in [0, 0.05) is 37.6 Å². The Hall–Kier alpha value is -2.11. The van der Waals surface area contributed by atoms with Crippen LogP contribution in [0.2, 0.25) is 0 Å². The van der Waals surface area contributed by atoms with Crippen LogP contribution in [0.15, 0.2) is 23.1 Å². The van der Waals surface area contributed by atoms with Gasteiger partial charge in [0.15, 0.2) is 5.13 Å². The van der Waals surface area contributed by atoms with Gasteiger partial charge in [0.1, 0.15) is 0 Å². The molecule has 0 atom stereocenters. The molecule has 0 saturated carbocycles. The maximum absolute atomic E-state index is 13.7. The summed E-state index contributed by atoms with van der Waals surface area (Å²) in [6, 6.07) is 3.96. The maximum Gasteiger partial charge on any atom is 0.266 e. The Labute approximate surface area is 172 Å². The van der Waals surface area contributed by atoms with Crippen LogP contribution in [-0.4, -0.2) is 56.7 Å². The van der Waals surface area contributed by atoms with Crippen LogP contribution in [0, 0.1) is 13.8 Å². The lowest BCUT2D eigenvalue weighted by Crippen LogP contribution is -2.28. The van der Waals surface area contributed by atoms with E-state index in [1.165, 1.54) is 48.5 Å². The molecule has 0 unspecified atom stereocenters. The summed E-state index contributed by atoms with van der Waals surface area (Å²) in [6.07, 6.45) is -0.323. The van der Waals surface area contributed by atoms with E-state index in [0.717, 1.165) is 14.9 Å². The SMILES string of the molecule is Cc1nc(NC(=O)c2cc(S(=O)(=O)N(C)C)ccc2N2CCC(F)(F)C2)sc1C. The van der Waals surface area contributed by atoms with Gasteiger partial charge in [-0.2, -0.15) is 0 Å². The third kappa shape index (κ3) is 4.41. The van der Waals surface area contributed by atoms with Crippen molar-refractivity contribution < 1.29 is 22.0 Å². The first-order valence-electron chi connectivity index (χ1n) is 8.85. The van der Waals surface area contributed by atoms with E-state index in [0.29, 0.717) is 5.13 Å². The number of rotatable bonds is 5. The lowest BCUT2D eigenvalue weighted by Gasteiger charge is -2.22. The molecular weight excluding hydrogens is 422 g/mol. The molecule has 1 aromatic heterocycles. The number of aromatic nitrogens is 1. The molecule has 1 aliphatic heterocycles. The molecule has 0 spiro atoms. The molecule has 2 aromatic rings. The molecule has 11 heteroatoms. The van der Waals surface area contributed by atoms with Crippen molar-refractivity contribution in [2.24, 2.45) is 0 Å². The molecular formula is C18H22F2N4O3S2. The van der Waals surface area contributed by atoms with Gasteiger partial charge in [0.25, 0.3) is 11.8 Å². The topological polar surface area (TPSA) is 82.6 Å². The molecule has 1 aliphatic rings. The number of nitrogens with one attached hydrogen (secondary N) is 1. The maximum atomic E-state index is 13.7. The number of benzene rings is 1. The van der Waals surface area contributed by atoms with Gasteiger partial charge in [-0.1, -0.05) is 0 Å². The summed E-state index contributed by atoms with van der Waals surface area (Å²) >= 11 is 1.29. The van der Waals surface area contributed by atoms with Crippen LogP contribution in [0.5, 0.6) is 0 Å². The fourth-order valence-electron chi connectivity index (χ4n) is 2.98. The number of amides is 1. The largest absolute Gasteiger partial charge is 0.365 e. The number of halogens is 2. The van der Waals surface area contributed by atoms with Gasteiger partial charge in [0.2, 0.25) is 10.0 Å². The van der Waals surface area contributed by atoms with Crippen LogP contribution < -0.4 is 10.2 Å². The standard InChI is InChI=1S/C18H22F2N4O3S2/c1-11-12(2)28-17(21-11)22-16(25)14-9-13(29(26,27)23(3)4)5-6-15(14)24-8-7-18(19,20)10-24/h5-6,9H,7-8,10H2,1-4H3,(H,21,22,25). The number of carbonyl (C=O) groups excluding carboxylic acids is 1. The first-order valence-corrected chi connectivity index (χ1v) is 11.1. The normalized spacial score (nSPS) is 16.4. The smallest absolute Gasteiger partial charge is 0.266 e. The van der Waals surface area contributed by atoms with Crippen LogP contribution >= 0.6 is 11.3 Å². The monoisotopic (exact) mass is 444 g/mol. The first-order chi connectivity index (χ1) is 13.4. The Bertz CT molecular complexity index is 1030. The molecule has 3 rings (SSSR count). The zero-order valence-electron chi connectivity index (χ0n) is 16.5. The molecule has 7 nitrogen and oxygen atoms in total. The van der Waals surface area contributed by atoms with E-state index in [4.69, 9.17) is 0 Å². The fourth-order valence-corrected chi connectivity index (χ4v) is 4.71. The minimum absolute atomic E-state index is 0.0103. The van der Waals surface area contributed by atoms with Gasteiger partial charge in [-0.3, -0.25) is 10.1 Å². The second-order valence-electron chi connectivity index (χ2n) is 7.11. The molecule has 0 radical (unpaired) electrons. The van der Waals surface area contributed by atoms with Crippen LogP contribution in [-0.2, 0) is 10.0 Å². The van der Waals surface area contributed by atoms with E-state index < -0.39 is 28.4 Å². The van der Waals surface area contributed by atoms with Crippen molar-refractivity contribution in [1.29, 1.82) is 0 Å². The summed E-state index contributed by atoms with van der Waals surface area (Å²) in [7, 11) is -1.04. The molecule has 1 amide bonds. The number of alkyl halides is 2. The summed E-state index contributed by atoms with van der Waals surface area (Å²) in [5, 5.41) is 3.02.